The molecule has 3 N–H and O–H groups in total. The van der Waals surface area contributed by atoms with Gasteiger partial charge in [0.2, 0.25) is 0 Å². The molecule has 0 aliphatic rings. The minimum Gasteiger partial charge on any atom is -0.483 e. The molecule has 0 saturated heterocycles. The summed E-state index contributed by atoms with van der Waals surface area (Å²) in [6.07, 6.45) is 0. The Morgan fingerprint density at radius 3 is 2.75 bits per heavy atom. The van der Waals surface area contributed by atoms with Crippen molar-refractivity contribution in [1.29, 1.82) is 0 Å². The van der Waals surface area contributed by atoms with Crippen LogP contribution in [-0.2, 0) is 9.53 Å². The van der Waals surface area contributed by atoms with E-state index in [1.807, 2.05) is 32.0 Å². The first kappa shape index (κ1) is 16.9. The molecule has 1 aromatic carbocycles. The summed E-state index contributed by atoms with van der Waals surface area (Å²) in [7, 11) is 1.59. The lowest BCUT2D eigenvalue weighted by molar-refractivity contribution is -0.124. The first-order chi connectivity index (χ1) is 9.43. The van der Waals surface area contributed by atoms with Gasteiger partial charge in [-0.1, -0.05) is 22.0 Å². The highest BCUT2D eigenvalue weighted by atomic mass is 79.9. The van der Waals surface area contributed by atoms with Gasteiger partial charge in [0, 0.05) is 29.2 Å². The summed E-state index contributed by atoms with van der Waals surface area (Å²) in [5, 5.41) is 2.78. The average molecular weight is 345 g/mol. The number of nitrogens with one attached hydrogen (secondary N) is 1. The van der Waals surface area contributed by atoms with Crippen molar-refractivity contribution in [2.24, 2.45) is 5.73 Å². The molecule has 5 nitrogen and oxygen atoms in total. The second kappa shape index (κ2) is 8.24. The summed E-state index contributed by atoms with van der Waals surface area (Å²) in [5.41, 5.74) is 6.75. The molecule has 2 atom stereocenters. The monoisotopic (exact) mass is 344 g/mol. The van der Waals surface area contributed by atoms with Gasteiger partial charge in [0.15, 0.2) is 6.61 Å². The first-order valence-electron chi connectivity index (χ1n) is 6.40. The Hall–Kier alpha value is -1.11. The average Bonchev–Trinajstić information content (AvgIpc) is 2.36. The molecule has 0 aliphatic carbocycles. The van der Waals surface area contributed by atoms with Crippen LogP contribution >= 0.6 is 15.9 Å². The highest BCUT2D eigenvalue weighted by molar-refractivity contribution is 9.10. The zero-order valence-electron chi connectivity index (χ0n) is 12.0. The molecule has 0 aromatic heterocycles. The van der Waals surface area contributed by atoms with E-state index in [0.717, 1.165) is 10.0 Å². The molecule has 0 spiro atoms. The smallest absolute Gasteiger partial charge is 0.258 e. The normalized spacial score (nSPS) is 13.7. The predicted octanol–water partition coefficient (Wildman–Crippen LogP) is 2.00. The van der Waals surface area contributed by atoms with Crippen LogP contribution in [0.3, 0.4) is 0 Å². The highest BCUT2D eigenvalue weighted by Crippen LogP contribution is 2.27. The van der Waals surface area contributed by atoms with Gasteiger partial charge in [-0.15, -0.1) is 0 Å². The number of ether oxygens (including phenoxy) is 2. The van der Waals surface area contributed by atoms with E-state index in [4.69, 9.17) is 15.2 Å². The number of methoxy groups -OCH3 is 1. The molecule has 0 bridgehead atoms. The van der Waals surface area contributed by atoms with Crippen molar-refractivity contribution in [3.63, 3.8) is 0 Å². The number of carbonyl (C=O) groups excluding carboxylic acids is 1. The number of nitrogens with two attached hydrogens (primary N) is 1. The lowest BCUT2D eigenvalue weighted by Gasteiger charge is -2.16. The fraction of sp³-hybridized carbons (Fsp3) is 0.500. The number of benzene rings is 1. The molecule has 0 saturated carbocycles. The van der Waals surface area contributed by atoms with Crippen LogP contribution in [0.25, 0.3) is 0 Å². The maximum absolute atomic E-state index is 11.7. The molecule has 112 valence electrons. The third-order valence-corrected chi connectivity index (χ3v) is 3.14. The molecule has 0 fully saturated rings. The van der Waals surface area contributed by atoms with Crippen molar-refractivity contribution in [2.45, 2.75) is 25.9 Å². The number of hydrogen-bond donors (Lipinski definition) is 2. The Kier molecular flexibility index (Phi) is 6.98. The van der Waals surface area contributed by atoms with Gasteiger partial charge in [0.1, 0.15) is 5.75 Å². The molecular weight excluding hydrogens is 324 g/mol. The highest BCUT2D eigenvalue weighted by Gasteiger charge is 2.12. The summed E-state index contributed by atoms with van der Waals surface area (Å²) in [4.78, 5) is 11.7. The van der Waals surface area contributed by atoms with E-state index in [0.29, 0.717) is 12.4 Å². The second-order valence-corrected chi connectivity index (χ2v) is 5.60. The van der Waals surface area contributed by atoms with Gasteiger partial charge in [0.05, 0.1) is 6.61 Å². The zero-order valence-corrected chi connectivity index (χ0v) is 13.6. The lowest BCUT2D eigenvalue weighted by atomic mass is 10.1. The topological polar surface area (TPSA) is 73.6 Å². The third kappa shape index (κ3) is 5.48. The van der Waals surface area contributed by atoms with Gasteiger partial charge in [0.25, 0.3) is 5.91 Å². The first-order valence-corrected chi connectivity index (χ1v) is 7.19. The summed E-state index contributed by atoms with van der Waals surface area (Å²) in [6.45, 7) is 4.16. The van der Waals surface area contributed by atoms with Crippen LogP contribution in [0.4, 0.5) is 0 Å². The van der Waals surface area contributed by atoms with Crippen molar-refractivity contribution in [3.05, 3.63) is 28.2 Å². The van der Waals surface area contributed by atoms with E-state index < -0.39 is 0 Å². The maximum Gasteiger partial charge on any atom is 0.258 e. The molecule has 6 heteroatoms. The summed E-state index contributed by atoms with van der Waals surface area (Å²) < 4.78 is 11.4. The van der Waals surface area contributed by atoms with E-state index >= 15 is 0 Å². The molecule has 1 aromatic rings. The van der Waals surface area contributed by atoms with E-state index in [1.165, 1.54) is 0 Å². The van der Waals surface area contributed by atoms with Crippen LogP contribution in [0.1, 0.15) is 25.5 Å². The lowest BCUT2D eigenvalue weighted by Crippen LogP contribution is -2.38. The van der Waals surface area contributed by atoms with Gasteiger partial charge in [-0.25, -0.2) is 0 Å². The van der Waals surface area contributed by atoms with Crippen molar-refractivity contribution in [3.8, 4) is 5.75 Å². The van der Waals surface area contributed by atoms with Crippen LogP contribution in [0, 0.1) is 0 Å². The Balaban J connectivity index is 2.61. The molecule has 1 amide bonds. The summed E-state index contributed by atoms with van der Waals surface area (Å²) in [5.74, 6) is 0.425. The van der Waals surface area contributed by atoms with Gasteiger partial charge >= 0.3 is 0 Å². The second-order valence-electron chi connectivity index (χ2n) is 4.68. The molecule has 0 heterocycles. The Bertz CT molecular complexity index is 452. The third-order valence-electron chi connectivity index (χ3n) is 2.65. The van der Waals surface area contributed by atoms with Gasteiger partial charge < -0.3 is 20.5 Å². The van der Waals surface area contributed by atoms with Crippen molar-refractivity contribution >= 4 is 21.8 Å². The predicted molar refractivity (Wildman–Crippen MR) is 81.7 cm³/mol. The Morgan fingerprint density at radius 1 is 1.45 bits per heavy atom. The molecule has 0 aliphatic heterocycles. The number of halogens is 1. The van der Waals surface area contributed by atoms with Gasteiger partial charge in [-0.2, -0.15) is 0 Å². The fourth-order valence-corrected chi connectivity index (χ4v) is 2.10. The molecule has 20 heavy (non-hydrogen) atoms. The standard InChI is InChI=1S/C14H21BrN2O3/c1-9(7-19-3)17-14(18)8-20-13-6-11(15)4-5-12(13)10(2)16/h4-6,9-10H,7-8,16H2,1-3H3,(H,17,18)/t9?,10-/m1/s1. The van der Waals surface area contributed by atoms with Crippen molar-refractivity contribution in [1.82, 2.24) is 5.32 Å². The Morgan fingerprint density at radius 2 is 2.15 bits per heavy atom. The maximum atomic E-state index is 11.7. The van der Waals surface area contributed by atoms with Crippen molar-refractivity contribution < 1.29 is 14.3 Å². The van der Waals surface area contributed by atoms with Crippen molar-refractivity contribution in [2.75, 3.05) is 20.3 Å². The van der Waals surface area contributed by atoms with Crippen LogP contribution in [0.5, 0.6) is 5.75 Å². The van der Waals surface area contributed by atoms with Crippen LogP contribution < -0.4 is 15.8 Å². The number of hydrogen-bond acceptors (Lipinski definition) is 4. The minimum atomic E-state index is -0.190. The van der Waals surface area contributed by atoms with Gasteiger partial charge in [-0.3, -0.25) is 4.79 Å². The molecule has 1 unspecified atom stereocenters. The fourth-order valence-electron chi connectivity index (χ4n) is 1.76. The number of amides is 1. The van der Waals surface area contributed by atoms with Gasteiger partial charge in [-0.05, 0) is 26.0 Å². The molecule has 1 rings (SSSR count). The number of rotatable bonds is 7. The number of carbonyl (C=O) groups is 1. The Labute approximate surface area is 127 Å². The van der Waals surface area contributed by atoms with Crippen LogP contribution in [0.15, 0.2) is 22.7 Å². The van der Waals surface area contributed by atoms with E-state index in [1.54, 1.807) is 7.11 Å². The van der Waals surface area contributed by atoms with E-state index in [-0.39, 0.29) is 24.6 Å². The van der Waals surface area contributed by atoms with Crippen LogP contribution in [0.2, 0.25) is 0 Å². The molecule has 0 radical (unpaired) electrons. The van der Waals surface area contributed by atoms with E-state index in [9.17, 15) is 4.79 Å². The summed E-state index contributed by atoms with van der Waals surface area (Å²) >= 11 is 3.38. The van der Waals surface area contributed by atoms with Crippen LogP contribution in [-0.4, -0.2) is 32.3 Å². The SMILES string of the molecule is COCC(C)NC(=O)COc1cc(Br)ccc1[C@@H](C)N. The largest absolute Gasteiger partial charge is 0.483 e. The summed E-state index contributed by atoms with van der Waals surface area (Å²) in [6, 6.07) is 5.38. The quantitative estimate of drug-likeness (QED) is 0.793. The minimum absolute atomic E-state index is 0.0495. The van der Waals surface area contributed by atoms with E-state index in [2.05, 4.69) is 21.2 Å². The zero-order chi connectivity index (χ0) is 15.1. The molecular formula is C14H21BrN2O3.